The van der Waals surface area contributed by atoms with Crippen LogP contribution in [0.4, 0.5) is 0 Å². The van der Waals surface area contributed by atoms with Gasteiger partial charge >= 0.3 is 0 Å². The Morgan fingerprint density at radius 3 is 2.52 bits per heavy atom. The Kier molecular flexibility index (Phi) is 6.65. The summed E-state index contributed by atoms with van der Waals surface area (Å²) in [5, 5.41) is 2.85. The second-order valence-electron chi connectivity index (χ2n) is 6.37. The normalized spacial score (nSPS) is 16.7. The van der Waals surface area contributed by atoms with E-state index in [9.17, 15) is 13.2 Å². The Morgan fingerprint density at radius 1 is 1.11 bits per heavy atom. The molecule has 1 amide bonds. The van der Waals surface area contributed by atoms with Gasteiger partial charge in [0.1, 0.15) is 5.76 Å². The predicted molar refractivity (Wildman–Crippen MR) is 100.0 cm³/mol. The number of hydrogen-bond donors (Lipinski definition) is 1. The Balaban J connectivity index is 1.55. The van der Waals surface area contributed by atoms with Gasteiger partial charge in [0, 0.05) is 26.1 Å². The molecule has 7 nitrogen and oxygen atoms in total. The fraction of sp³-hybridized carbons (Fsp3) is 0.421. The molecule has 8 heteroatoms. The topological polar surface area (TPSA) is 88.8 Å². The summed E-state index contributed by atoms with van der Waals surface area (Å²) in [6, 6.07) is 11.8. The van der Waals surface area contributed by atoms with Gasteiger partial charge < -0.3 is 14.5 Å². The van der Waals surface area contributed by atoms with Crippen LogP contribution in [0.25, 0.3) is 0 Å². The van der Waals surface area contributed by atoms with Crippen LogP contribution in [-0.4, -0.2) is 57.8 Å². The zero-order chi connectivity index (χ0) is 19.1. The standard InChI is InChI=1S/C19H24N2O5S/c22-19(8-14-27(23,24)16-5-2-1-3-6-16)20-15-17(18-7-4-11-26-18)21-9-12-25-13-10-21/h1-7,11,17H,8-10,12-15H2,(H,20,22). The Morgan fingerprint density at radius 2 is 1.85 bits per heavy atom. The number of nitrogens with zero attached hydrogens (tertiary/aromatic N) is 1. The summed E-state index contributed by atoms with van der Waals surface area (Å²) >= 11 is 0. The Bertz CT molecular complexity index is 815. The molecule has 2 aromatic rings. The minimum Gasteiger partial charge on any atom is -0.468 e. The lowest BCUT2D eigenvalue weighted by Crippen LogP contribution is -2.43. The van der Waals surface area contributed by atoms with Gasteiger partial charge in [0.05, 0.1) is 36.2 Å². The highest BCUT2D eigenvalue weighted by molar-refractivity contribution is 7.91. The molecule has 146 valence electrons. The Labute approximate surface area is 159 Å². The Hall–Kier alpha value is -2.16. The van der Waals surface area contributed by atoms with Crippen LogP contribution in [0, 0.1) is 0 Å². The van der Waals surface area contributed by atoms with Crippen molar-refractivity contribution in [2.24, 2.45) is 0 Å². The zero-order valence-electron chi connectivity index (χ0n) is 15.0. The van der Waals surface area contributed by atoms with Crippen molar-refractivity contribution in [3.8, 4) is 0 Å². The fourth-order valence-electron chi connectivity index (χ4n) is 3.05. The molecule has 1 atom stereocenters. The highest BCUT2D eigenvalue weighted by atomic mass is 32.2. The number of amides is 1. The second-order valence-corrected chi connectivity index (χ2v) is 8.47. The molecule has 1 aromatic heterocycles. The maximum absolute atomic E-state index is 12.3. The number of ether oxygens (including phenoxy) is 1. The number of carbonyl (C=O) groups is 1. The van der Waals surface area contributed by atoms with Crippen molar-refractivity contribution in [1.82, 2.24) is 10.2 Å². The number of nitrogens with one attached hydrogen (secondary N) is 1. The molecule has 2 heterocycles. The van der Waals surface area contributed by atoms with Crippen LogP contribution in [0.1, 0.15) is 18.2 Å². The summed E-state index contributed by atoms with van der Waals surface area (Å²) in [6.07, 6.45) is 1.53. The van der Waals surface area contributed by atoms with Gasteiger partial charge in [0.2, 0.25) is 5.91 Å². The number of morpholine rings is 1. The van der Waals surface area contributed by atoms with Crippen molar-refractivity contribution < 1.29 is 22.4 Å². The maximum Gasteiger partial charge on any atom is 0.221 e. The van der Waals surface area contributed by atoms with E-state index in [0.29, 0.717) is 19.8 Å². The zero-order valence-corrected chi connectivity index (χ0v) is 15.9. The molecule has 1 aliphatic rings. The summed E-state index contributed by atoms with van der Waals surface area (Å²) in [5.41, 5.74) is 0. The molecule has 1 saturated heterocycles. The summed E-state index contributed by atoms with van der Waals surface area (Å²) in [6.45, 7) is 3.14. The summed E-state index contributed by atoms with van der Waals surface area (Å²) in [4.78, 5) is 14.7. The van der Waals surface area contributed by atoms with Crippen LogP contribution in [0.3, 0.4) is 0 Å². The van der Waals surface area contributed by atoms with Crippen LogP contribution in [0.5, 0.6) is 0 Å². The summed E-state index contributed by atoms with van der Waals surface area (Å²) in [5.74, 6) is 0.264. The molecule has 27 heavy (non-hydrogen) atoms. The number of carbonyl (C=O) groups excluding carboxylic acids is 1. The highest BCUT2D eigenvalue weighted by Crippen LogP contribution is 2.21. The lowest BCUT2D eigenvalue weighted by atomic mass is 10.1. The van der Waals surface area contributed by atoms with Gasteiger partial charge in [-0.3, -0.25) is 9.69 Å². The van der Waals surface area contributed by atoms with Gasteiger partial charge in [-0.15, -0.1) is 0 Å². The van der Waals surface area contributed by atoms with E-state index >= 15 is 0 Å². The van der Waals surface area contributed by atoms with Crippen molar-refractivity contribution in [3.63, 3.8) is 0 Å². The van der Waals surface area contributed by atoms with Gasteiger partial charge in [0.25, 0.3) is 0 Å². The van der Waals surface area contributed by atoms with Crippen molar-refractivity contribution in [2.75, 3.05) is 38.6 Å². The number of furan rings is 1. The molecule has 0 bridgehead atoms. The van der Waals surface area contributed by atoms with Crippen molar-refractivity contribution >= 4 is 15.7 Å². The number of hydrogen-bond acceptors (Lipinski definition) is 6. The monoisotopic (exact) mass is 392 g/mol. The SMILES string of the molecule is O=C(CCS(=O)(=O)c1ccccc1)NCC(c1ccco1)N1CCOCC1. The first-order valence-corrected chi connectivity index (χ1v) is 10.6. The molecule has 0 aliphatic carbocycles. The number of benzene rings is 1. The van der Waals surface area contributed by atoms with Gasteiger partial charge in [-0.1, -0.05) is 18.2 Å². The van der Waals surface area contributed by atoms with Crippen LogP contribution < -0.4 is 5.32 Å². The first-order chi connectivity index (χ1) is 13.1. The highest BCUT2D eigenvalue weighted by Gasteiger charge is 2.25. The molecule has 0 saturated carbocycles. The molecule has 1 aromatic carbocycles. The van der Waals surface area contributed by atoms with E-state index in [2.05, 4.69) is 10.2 Å². The van der Waals surface area contributed by atoms with Crippen LogP contribution >= 0.6 is 0 Å². The quantitative estimate of drug-likeness (QED) is 0.735. The summed E-state index contributed by atoms with van der Waals surface area (Å²) < 4.78 is 35.5. The van der Waals surface area contributed by atoms with E-state index in [1.807, 2.05) is 12.1 Å². The van der Waals surface area contributed by atoms with Gasteiger partial charge in [-0.05, 0) is 24.3 Å². The third-order valence-electron chi connectivity index (χ3n) is 4.55. The molecule has 0 radical (unpaired) electrons. The van der Waals surface area contributed by atoms with E-state index < -0.39 is 9.84 Å². The smallest absolute Gasteiger partial charge is 0.221 e. The minimum atomic E-state index is -3.46. The maximum atomic E-state index is 12.3. The number of rotatable bonds is 8. The number of sulfone groups is 1. The lowest BCUT2D eigenvalue weighted by Gasteiger charge is -2.33. The molecule has 1 N–H and O–H groups in total. The molecule has 1 fully saturated rings. The van der Waals surface area contributed by atoms with Gasteiger partial charge in [-0.25, -0.2) is 8.42 Å². The molecular formula is C19H24N2O5S. The van der Waals surface area contributed by atoms with E-state index in [0.717, 1.165) is 18.8 Å². The van der Waals surface area contributed by atoms with Crippen LogP contribution in [0.2, 0.25) is 0 Å². The molecule has 0 spiro atoms. The molecule has 1 unspecified atom stereocenters. The van der Waals surface area contributed by atoms with Crippen LogP contribution in [-0.2, 0) is 19.4 Å². The molecule has 3 rings (SSSR count). The first kappa shape index (κ1) is 19.6. The summed E-state index contributed by atoms with van der Waals surface area (Å²) in [7, 11) is -3.46. The minimum absolute atomic E-state index is 0.0782. The van der Waals surface area contributed by atoms with Gasteiger partial charge in [-0.2, -0.15) is 0 Å². The molecule has 1 aliphatic heterocycles. The third kappa shape index (κ3) is 5.41. The fourth-order valence-corrected chi connectivity index (χ4v) is 4.31. The van der Waals surface area contributed by atoms with Crippen molar-refractivity contribution in [2.45, 2.75) is 17.4 Å². The van der Waals surface area contributed by atoms with Crippen molar-refractivity contribution in [1.29, 1.82) is 0 Å². The van der Waals surface area contributed by atoms with Crippen molar-refractivity contribution in [3.05, 3.63) is 54.5 Å². The largest absolute Gasteiger partial charge is 0.468 e. The lowest BCUT2D eigenvalue weighted by molar-refractivity contribution is -0.121. The van der Waals surface area contributed by atoms with E-state index in [-0.39, 0.29) is 29.0 Å². The first-order valence-electron chi connectivity index (χ1n) is 8.96. The molecular weight excluding hydrogens is 368 g/mol. The second kappa shape index (κ2) is 9.16. The predicted octanol–water partition coefficient (Wildman–Crippen LogP) is 1.63. The van der Waals surface area contributed by atoms with Crippen LogP contribution in [0.15, 0.2) is 58.0 Å². The van der Waals surface area contributed by atoms with E-state index in [1.165, 1.54) is 0 Å². The average molecular weight is 392 g/mol. The third-order valence-corrected chi connectivity index (χ3v) is 6.28. The van der Waals surface area contributed by atoms with E-state index in [1.54, 1.807) is 36.6 Å². The van der Waals surface area contributed by atoms with E-state index in [4.69, 9.17) is 9.15 Å². The average Bonchev–Trinajstić information content (AvgIpc) is 3.23. The van der Waals surface area contributed by atoms with Gasteiger partial charge in [0.15, 0.2) is 9.84 Å².